The second kappa shape index (κ2) is 8.29. The Labute approximate surface area is 178 Å². The number of nitrogens with one attached hydrogen (secondary N) is 3. The van der Waals surface area contributed by atoms with Crippen LogP contribution >= 0.6 is 11.3 Å². The monoisotopic (exact) mass is 424 g/mol. The summed E-state index contributed by atoms with van der Waals surface area (Å²) in [7, 11) is 1.77. The number of aromatic amines is 1. The van der Waals surface area contributed by atoms with Crippen molar-refractivity contribution in [1.82, 2.24) is 15.3 Å². The van der Waals surface area contributed by atoms with Crippen LogP contribution in [-0.4, -0.2) is 47.5 Å². The van der Waals surface area contributed by atoms with Crippen molar-refractivity contribution in [3.63, 3.8) is 0 Å². The summed E-state index contributed by atoms with van der Waals surface area (Å²) in [6.45, 7) is 1.31. The van der Waals surface area contributed by atoms with Gasteiger partial charge in [-0.05, 0) is 44.2 Å². The van der Waals surface area contributed by atoms with Crippen molar-refractivity contribution in [2.24, 2.45) is 5.73 Å². The van der Waals surface area contributed by atoms with Gasteiger partial charge in [-0.3, -0.25) is 9.59 Å². The third-order valence-corrected chi connectivity index (χ3v) is 6.50. The predicted octanol–water partition coefficient (Wildman–Crippen LogP) is 2.43. The van der Waals surface area contributed by atoms with E-state index in [1.165, 1.54) is 11.3 Å². The van der Waals surface area contributed by atoms with Crippen LogP contribution < -0.4 is 21.3 Å². The van der Waals surface area contributed by atoms with Crippen molar-refractivity contribution < 1.29 is 9.59 Å². The number of piperidine rings is 1. The molecule has 0 aliphatic carbocycles. The molecule has 1 fully saturated rings. The number of anilines is 2. The Morgan fingerprint density at radius 3 is 2.63 bits per heavy atom. The standard InChI is InChI=1S/C21H24N6O2S/c1-23-21(20(22)29)8-11-27(12-9-21)17-7-3-2-5-14(17)25-18(28)16-13-30-19(26-16)15-6-4-10-24-15/h2-7,10,13,23-24H,8-9,11-12H2,1H3,(H2,22,29)(H,25,28). The number of benzene rings is 1. The quantitative estimate of drug-likeness (QED) is 0.485. The SMILES string of the molecule is CNC1(C(N)=O)CCN(c2ccccc2NC(=O)c2csc(-c3ccc[nH]3)n2)CC1. The fourth-order valence-corrected chi connectivity index (χ4v) is 4.54. The van der Waals surface area contributed by atoms with Crippen LogP contribution in [-0.2, 0) is 4.79 Å². The van der Waals surface area contributed by atoms with Gasteiger partial charge in [0.05, 0.1) is 17.1 Å². The van der Waals surface area contributed by atoms with Gasteiger partial charge < -0.3 is 26.3 Å². The first-order chi connectivity index (χ1) is 14.5. The Morgan fingerprint density at radius 2 is 1.97 bits per heavy atom. The lowest BCUT2D eigenvalue weighted by Crippen LogP contribution is -2.59. The smallest absolute Gasteiger partial charge is 0.275 e. The summed E-state index contributed by atoms with van der Waals surface area (Å²) in [5.41, 5.74) is 7.82. The molecule has 0 bridgehead atoms. The lowest BCUT2D eigenvalue weighted by Gasteiger charge is -2.41. The van der Waals surface area contributed by atoms with Crippen LogP contribution in [0.15, 0.2) is 48.0 Å². The molecule has 30 heavy (non-hydrogen) atoms. The molecular weight excluding hydrogens is 400 g/mol. The second-order valence-electron chi connectivity index (χ2n) is 7.28. The molecule has 0 spiro atoms. The number of hydrogen-bond acceptors (Lipinski definition) is 6. The fourth-order valence-electron chi connectivity index (χ4n) is 3.76. The molecule has 3 heterocycles. The lowest BCUT2D eigenvalue weighted by molar-refractivity contribution is -0.125. The third kappa shape index (κ3) is 3.81. The van der Waals surface area contributed by atoms with Crippen molar-refractivity contribution in [3.05, 3.63) is 53.7 Å². The zero-order valence-electron chi connectivity index (χ0n) is 16.6. The van der Waals surface area contributed by atoms with E-state index < -0.39 is 5.54 Å². The Kier molecular flexibility index (Phi) is 5.56. The van der Waals surface area contributed by atoms with E-state index in [-0.39, 0.29) is 11.8 Å². The van der Waals surface area contributed by atoms with E-state index in [9.17, 15) is 9.59 Å². The summed E-state index contributed by atoms with van der Waals surface area (Å²) in [6, 6.07) is 11.5. The van der Waals surface area contributed by atoms with Gasteiger partial charge in [-0.25, -0.2) is 4.98 Å². The van der Waals surface area contributed by atoms with Gasteiger partial charge >= 0.3 is 0 Å². The number of nitrogens with zero attached hydrogens (tertiary/aromatic N) is 2. The van der Waals surface area contributed by atoms with Crippen LogP contribution in [0.5, 0.6) is 0 Å². The van der Waals surface area contributed by atoms with Crippen molar-refractivity contribution in [3.8, 4) is 10.7 Å². The van der Waals surface area contributed by atoms with Gasteiger partial charge in [0.2, 0.25) is 5.91 Å². The average molecular weight is 425 g/mol. The van der Waals surface area contributed by atoms with Gasteiger partial charge in [0, 0.05) is 24.7 Å². The van der Waals surface area contributed by atoms with E-state index in [4.69, 9.17) is 5.73 Å². The zero-order valence-corrected chi connectivity index (χ0v) is 17.5. The first-order valence-corrected chi connectivity index (χ1v) is 10.6. The van der Waals surface area contributed by atoms with Crippen LogP contribution in [0.4, 0.5) is 11.4 Å². The number of carbonyl (C=O) groups is 2. The Hall–Kier alpha value is -3.17. The minimum atomic E-state index is -0.677. The van der Waals surface area contributed by atoms with Crippen molar-refractivity contribution in [2.75, 3.05) is 30.4 Å². The molecule has 5 N–H and O–H groups in total. The predicted molar refractivity (Wildman–Crippen MR) is 119 cm³/mol. The highest BCUT2D eigenvalue weighted by Crippen LogP contribution is 2.32. The Morgan fingerprint density at radius 1 is 1.20 bits per heavy atom. The highest BCUT2D eigenvalue weighted by molar-refractivity contribution is 7.13. The number of hydrogen-bond donors (Lipinski definition) is 4. The number of thiazole rings is 1. The van der Waals surface area contributed by atoms with Gasteiger partial charge in [0.15, 0.2) is 0 Å². The maximum absolute atomic E-state index is 12.8. The fraction of sp³-hybridized carbons (Fsp3) is 0.286. The molecule has 2 aromatic heterocycles. The molecule has 0 radical (unpaired) electrons. The molecule has 9 heteroatoms. The summed E-state index contributed by atoms with van der Waals surface area (Å²) < 4.78 is 0. The third-order valence-electron chi connectivity index (χ3n) is 5.63. The summed E-state index contributed by atoms with van der Waals surface area (Å²) in [4.78, 5) is 34.4. The maximum atomic E-state index is 12.8. The van der Waals surface area contributed by atoms with E-state index in [0.717, 1.165) is 16.4 Å². The van der Waals surface area contributed by atoms with Crippen molar-refractivity contribution >= 4 is 34.5 Å². The van der Waals surface area contributed by atoms with Crippen LogP contribution in [0.25, 0.3) is 10.7 Å². The van der Waals surface area contributed by atoms with Gasteiger partial charge in [-0.15, -0.1) is 11.3 Å². The maximum Gasteiger partial charge on any atom is 0.275 e. The minimum Gasteiger partial charge on any atom is -0.370 e. The van der Waals surface area contributed by atoms with Gasteiger partial charge in [-0.1, -0.05) is 12.1 Å². The number of aromatic nitrogens is 2. The molecule has 1 aromatic carbocycles. The first kappa shape index (κ1) is 20.1. The number of nitrogens with two attached hydrogens (primary N) is 1. The number of para-hydroxylation sites is 2. The number of carbonyl (C=O) groups excluding carboxylic acids is 2. The first-order valence-electron chi connectivity index (χ1n) is 9.76. The molecule has 1 saturated heterocycles. The summed E-state index contributed by atoms with van der Waals surface area (Å²) in [5, 5.41) is 8.60. The second-order valence-corrected chi connectivity index (χ2v) is 8.13. The molecule has 2 amide bonds. The van der Waals surface area contributed by atoms with E-state index in [2.05, 4.69) is 25.5 Å². The molecule has 3 aromatic rings. The molecule has 156 valence electrons. The number of primary amides is 1. The molecule has 0 saturated carbocycles. The summed E-state index contributed by atoms with van der Waals surface area (Å²) in [6.07, 6.45) is 3.03. The number of likely N-dealkylation sites (N-methyl/N-ethyl adjacent to an activating group) is 1. The minimum absolute atomic E-state index is 0.254. The molecule has 0 atom stereocenters. The molecule has 4 rings (SSSR count). The Bertz CT molecular complexity index is 1040. The molecule has 1 aliphatic heterocycles. The normalized spacial score (nSPS) is 15.7. The van der Waals surface area contributed by atoms with Crippen LogP contribution in [0, 0.1) is 0 Å². The average Bonchev–Trinajstić information content (AvgIpc) is 3.46. The van der Waals surface area contributed by atoms with Crippen molar-refractivity contribution in [1.29, 1.82) is 0 Å². The van der Waals surface area contributed by atoms with Crippen LogP contribution in [0.2, 0.25) is 0 Å². The van der Waals surface area contributed by atoms with E-state index >= 15 is 0 Å². The zero-order chi connectivity index (χ0) is 21.1. The molecule has 0 unspecified atom stereocenters. The van der Waals surface area contributed by atoms with E-state index in [1.54, 1.807) is 12.4 Å². The van der Waals surface area contributed by atoms with Crippen molar-refractivity contribution in [2.45, 2.75) is 18.4 Å². The highest BCUT2D eigenvalue weighted by atomic mass is 32.1. The number of amides is 2. The van der Waals surface area contributed by atoms with E-state index in [1.807, 2.05) is 42.6 Å². The lowest BCUT2D eigenvalue weighted by atomic mass is 9.86. The van der Waals surface area contributed by atoms with Crippen LogP contribution in [0.1, 0.15) is 23.3 Å². The molecular formula is C21H24N6O2S. The topological polar surface area (TPSA) is 116 Å². The van der Waals surface area contributed by atoms with Crippen LogP contribution in [0.3, 0.4) is 0 Å². The van der Waals surface area contributed by atoms with E-state index in [0.29, 0.717) is 37.3 Å². The number of rotatable bonds is 6. The summed E-state index contributed by atoms with van der Waals surface area (Å²) >= 11 is 1.42. The highest BCUT2D eigenvalue weighted by Gasteiger charge is 2.38. The Balaban J connectivity index is 1.49. The van der Waals surface area contributed by atoms with Gasteiger partial charge in [0.1, 0.15) is 16.2 Å². The number of H-pyrrole nitrogens is 1. The summed E-state index contributed by atoms with van der Waals surface area (Å²) in [5.74, 6) is -0.581. The molecule has 8 nitrogen and oxygen atoms in total. The largest absolute Gasteiger partial charge is 0.370 e. The molecule has 1 aliphatic rings. The van der Waals surface area contributed by atoms with Gasteiger partial charge in [0.25, 0.3) is 5.91 Å². The van der Waals surface area contributed by atoms with Gasteiger partial charge in [-0.2, -0.15) is 0 Å².